The Kier molecular flexibility index (Phi) is 5.91. The average molecular weight is 335 g/mol. The van der Waals surface area contributed by atoms with E-state index in [1.807, 2.05) is 19.1 Å². The minimum Gasteiger partial charge on any atom is -0.212 e. The summed E-state index contributed by atoms with van der Waals surface area (Å²) in [4.78, 5) is 0. The molecule has 2 aromatic carbocycles. The van der Waals surface area contributed by atoms with E-state index in [1.165, 1.54) is 17.7 Å². The lowest BCUT2D eigenvalue weighted by atomic mass is 10.0. The number of halogens is 1. The van der Waals surface area contributed by atoms with Gasteiger partial charge in [-0.15, -0.1) is 0 Å². The van der Waals surface area contributed by atoms with Crippen LogP contribution in [0.1, 0.15) is 36.1 Å². The molecule has 0 fully saturated rings. The molecule has 0 aliphatic heterocycles. The van der Waals surface area contributed by atoms with Gasteiger partial charge in [0.2, 0.25) is 10.0 Å². The Hall–Kier alpha value is -1.72. The molecule has 0 bridgehead atoms. The molecule has 0 aromatic heterocycles. The molecule has 0 atom stereocenters. The van der Waals surface area contributed by atoms with Crippen LogP contribution in [0, 0.1) is 5.82 Å². The number of sulfonamides is 1. The molecule has 124 valence electrons. The van der Waals surface area contributed by atoms with Crippen molar-refractivity contribution in [2.75, 3.05) is 0 Å². The summed E-state index contributed by atoms with van der Waals surface area (Å²) in [6.45, 7) is 4.33. The third kappa shape index (κ3) is 4.88. The largest absolute Gasteiger partial charge is 0.216 e. The van der Waals surface area contributed by atoms with Gasteiger partial charge in [0.05, 0.1) is 5.75 Å². The third-order valence-electron chi connectivity index (χ3n) is 3.85. The van der Waals surface area contributed by atoms with Crippen LogP contribution in [0.3, 0.4) is 0 Å². The zero-order valence-electron chi connectivity index (χ0n) is 13.5. The number of rotatable bonds is 7. The SMILES string of the molecule is CCc1ccc(CC)c(CNS(=O)(=O)Cc2ccccc2F)c1. The molecule has 5 heteroatoms. The van der Waals surface area contributed by atoms with Crippen LogP contribution in [0.4, 0.5) is 4.39 Å². The lowest BCUT2D eigenvalue weighted by molar-refractivity contribution is 0.574. The summed E-state index contributed by atoms with van der Waals surface area (Å²) >= 11 is 0. The predicted octanol–water partition coefficient (Wildman–Crippen LogP) is 3.57. The van der Waals surface area contributed by atoms with E-state index >= 15 is 0 Å². The molecule has 23 heavy (non-hydrogen) atoms. The predicted molar refractivity (Wildman–Crippen MR) is 91.1 cm³/mol. The van der Waals surface area contributed by atoms with E-state index in [-0.39, 0.29) is 17.9 Å². The van der Waals surface area contributed by atoms with Crippen molar-refractivity contribution in [2.45, 2.75) is 39.0 Å². The van der Waals surface area contributed by atoms with Gasteiger partial charge in [0.25, 0.3) is 0 Å². The van der Waals surface area contributed by atoms with Gasteiger partial charge in [-0.3, -0.25) is 0 Å². The highest BCUT2D eigenvalue weighted by Gasteiger charge is 2.15. The zero-order chi connectivity index (χ0) is 16.9. The second-order valence-electron chi connectivity index (χ2n) is 5.48. The maximum Gasteiger partial charge on any atom is 0.216 e. The molecular formula is C18H22FNO2S. The molecule has 0 saturated carbocycles. The molecule has 3 nitrogen and oxygen atoms in total. The van der Waals surface area contributed by atoms with Crippen LogP contribution in [0.5, 0.6) is 0 Å². The summed E-state index contributed by atoms with van der Waals surface area (Å²) in [6, 6.07) is 12.1. The topological polar surface area (TPSA) is 46.2 Å². The first-order valence-electron chi connectivity index (χ1n) is 7.76. The molecular weight excluding hydrogens is 313 g/mol. The fourth-order valence-corrected chi connectivity index (χ4v) is 3.59. The van der Waals surface area contributed by atoms with Crippen molar-refractivity contribution in [1.29, 1.82) is 0 Å². The molecule has 0 amide bonds. The van der Waals surface area contributed by atoms with E-state index in [9.17, 15) is 12.8 Å². The first-order chi connectivity index (χ1) is 10.9. The van der Waals surface area contributed by atoms with Crippen LogP contribution < -0.4 is 4.72 Å². The zero-order valence-corrected chi connectivity index (χ0v) is 14.3. The molecule has 0 aliphatic carbocycles. The van der Waals surface area contributed by atoms with Crippen molar-refractivity contribution in [1.82, 2.24) is 4.72 Å². The summed E-state index contributed by atoms with van der Waals surface area (Å²) in [6.07, 6.45) is 1.74. The van der Waals surface area contributed by atoms with Crippen molar-refractivity contribution in [3.8, 4) is 0 Å². The molecule has 0 saturated heterocycles. The minimum absolute atomic E-state index is 0.179. The van der Waals surface area contributed by atoms with Gasteiger partial charge in [-0.05, 0) is 35.6 Å². The summed E-state index contributed by atoms with van der Waals surface area (Å²) in [5.41, 5.74) is 3.45. The highest BCUT2D eigenvalue weighted by atomic mass is 32.2. The molecule has 1 N–H and O–H groups in total. The van der Waals surface area contributed by atoms with E-state index in [0.717, 1.165) is 24.0 Å². The van der Waals surface area contributed by atoms with E-state index in [2.05, 4.69) is 17.7 Å². The molecule has 2 aromatic rings. The van der Waals surface area contributed by atoms with Gasteiger partial charge in [0.1, 0.15) is 5.82 Å². The minimum atomic E-state index is -3.59. The highest BCUT2D eigenvalue weighted by molar-refractivity contribution is 7.88. The Morgan fingerprint density at radius 1 is 0.957 bits per heavy atom. The number of benzene rings is 2. The third-order valence-corrected chi connectivity index (χ3v) is 5.12. The molecule has 2 rings (SSSR count). The molecule has 0 heterocycles. The molecule has 0 radical (unpaired) electrons. The quantitative estimate of drug-likeness (QED) is 0.841. The number of hydrogen-bond acceptors (Lipinski definition) is 2. The van der Waals surface area contributed by atoms with E-state index in [1.54, 1.807) is 12.1 Å². The average Bonchev–Trinajstić information content (AvgIpc) is 2.54. The van der Waals surface area contributed by atoms with Crippen LogP contribution >= 0.6 is 0 Å². The van der Waals surface area contributed by atoms with Gasteiger partial charge in [-0.1, -0.05) is 50.2 Å². The Labute approximate surface area is 137 Å². The van der Waals surface area contributed by atoms with E-state index in [4.69, 9.17) is 0 Å². The molecule has 0 spiro atoms. The highest BCUT2D eigenvalue weighted by Crippen LogP contribution is 2.15. The van der Waals surface area contributed by atoms with Crippen molar-refractivity contribution in [3.63, 3.8) is 0 Å². The number of nitrogens with one attached hydrogen (secondary N) is 1. The Bertz CT molecular complexity index is 772. The molecule has 0 aliphatic rings. The fraction of sp³-hybridized carbons (Fsp3) is 0.333. The van der Waals surface area contributed by atoms with Crippen LogP contribution in [-0.2, 0) is 35.2 Å². The monoisotopic (exact) mass is 335 g/mol. The summed E-state index contributed by atoms with van der Waals surface area (Å²) < 4.78 is 40.6. The Morgan fingerprint density at radius 3 is 2.35 bits per heavy atom. The first kappa shape index (κ1) is 17.6. The van der Waals surface area contributed by atoms with E-state index < -0.39 is 15.8 Å². The van der Waals surface area contributed by atoms with Crippen LogP contribution in [0.2, 0.25) is 0 Å². The second-order valence-corrected chi connectivity index (χ2v) is 7.29. The van der Waals surface area contributed by atoms with Gasteiger partial charge in [-0.25, -0.2) is 17.5 Å². The first-order valence-corrected chi connectivity index (χ1v) is 9.41. The van der Waals surface area contributed by atoms with Crippen LogP contribution in [-0.4, -0.2) is 8.42 Å². The lowest BCUT2D eigenvalue weighted by Crippen LogP contribution is -2.25. The van der Waals surface area contributed by atoms with Gasteiger partial charge in [0.15, 0.2) is 0 Å². The van der Waals surface area contributed by atoms with Gasteiger partial charge < -0.3 is 0 Å². The number of hydrogen-bond donors (Lipinski definition) is 1. The lowest BCUT2D eigenvalue weighted by Gasteiger charge is -2.12. The van der Waals surface area contributed by atoms with Crippen molar-refractivity contribution in [2.24, 2.45) is 0 Å². The maximum atomic E-state index is 13.6. The van der Waals surface area contributed by atoms with E-state index in [0.29, 0.717) is 0 Å². The van der Waals surface area contributed by atoms with Gasteiger partial charge in [-0.2, -0.15) is 0 Å². The standard InChI is InChI=1S/C18H22FNO2S/c1-3-14-9-10-15(4-2)17(11-14)12-20-23(21,22)13-16-7-5-6-8-18(16)19/h5-11,20H,3-4,12-13H2,1-2H3. The second kappa shape index (κ2) is 7.70. The number of aryl methyl sites for hydroxylation is 2. The Balaban J connectivity index is 2.12. The van der Waals surface area contributed by atoms with Crippen molar-refractivity contribution >= 4 is 10.0 Å². The summed E-state index contributed by atoms with van der Waals surface area (Å²) in [7, 11) is -3.59. The molecule has 0 unspecified atom stereocenters. The van der Waals surface area contributed by atoms with Crippen LogP contribution in [0.15, 0.2) is 42.5 Å². The fourth-order valence-electron chi connectivity index (χ4n) is 2.47. The van der Waals surface area contributed by atoms with Crippen molar-refractivity contribution in [3.05, 3.63) is 70.5 Å². The summed E-state index contributed by atoms with van der Waals surface area (Å²) in [5, 5.41) is 0. The van der Waals surface area contributed by atoms with Crippen molar-refractivity contribution < 1.29 is 12.8 Å². The normalized spacial score (nSPS) is 11.6. The maximum absolute atomic E-state index is 13.6. The van der Waals surface area contributed by atoms with Gasteiger partial charge >= 0.3 is 0 Å². The smallest absolute Gasteiger partial charge is 0.212 e. The Morgan fingerprint density at radius 2 is 1.70 bits per heavy atom. The summed E-state index contributed by atoms with van der Waals surface area (Å²) in [5.74, 6) is -0.852. The van der Waals surface area contributed by atoms with Gasteiger partial charge in [0, 0.05) is 12.1 Å². The van der Waals surface area contributed by atoms with Crippen LogP contribution in [0.25, 0.3) is 0 Å².